The molecule has 0 aromatic heterocycles. The summed E-state index contributed by atoms with van der Waals surface area (Å²) in [5, 5.41) is 0. The molecule has 0 aliphatic heterocycles. The minimum atomic E-state index is -0.452. The Morgan fingerprint density at radius 2 is 1.45 bits per heavy atom. The Bertz CT molecular complexity index is 2560. The number of anilines is 1. The van der Waals surface area contributed by atoms with E-state index in [0.717, 1.165) is 29.9 Å². The van der Waals surface area contributed by atoms with Crippen LogP contribution in [0.3, 0.4) is 0 Å². The lowest BCUT2D eigenvalue weighted by Gasteiger charge is -2.34. The van der Waals surface area contributed by atoms with Gasteiger partial charge in [0, 0.05) is 17.3 Å². The minimum absolute atomic E-state index is 0.349. The van der Waals surface area contributed by atoms with Crippen LogP contribution in [0.2, 0.25) is 0 Å². The van der Waals surface area contributed by atoms with Crippen molar-refractivity contribution in [3.05, 3.63) is 235 Å². The molecular weight excluding hydrogens is 675 g/mol. The summed E-state index contributed by atoms with van der Waals surface area (Å²) >= 11 is 0. The fourth-order valence-corrected chi connectivity index (χ4v) is 9.16. The van der Waals surface area contributed by atoms with Gasteiger partial charge in [0.1, 0.15) is 0 Å². The van der Waals surface area contributed by atoms with Gasteiger partial charge in [0.05, 0.1) is 11.1 Å². The number of hydrogen-bond donors (Lipinski definition) is 0. The topological polar surface area (TPSA) is 3.24 Å². The first-order valence-electron chi connectivity index (χ1n) is 20.2. The highest BCUT2D eigenvalue weighted by Crippen LogP contribution is 2.62. The maximum Gasteiger partial charge on any atom is 0.0887 e. The molecule has 0 saturated heterocycles. The van der Waals surface area contributed by atoms with Crippen molar-refractivity contribution >= 4 is 16.8 Å². The molecular formula is C55H53N. The number of fused-ring (bicyclic) bond motifs is 4. The van der Waals surface area contributed by atoms with Gasteiger partial charge in [-0.1, -0.05) is 149 Å². The van der Waals surface area contributed by atoms with E-state index in [1.54, 1.807) is 0 Å². The zero-order valence-corrected chi connectivity index (χ0v) is 34.3. The SMILES string of the molecule is CC1=CC=C=C(N(/C(C)=C/C2=C(C)c3ccc(C)cc3C23C(C)=C(/C=C\Cc2ccc(C)cc2)c2ccc(C4C=CC(C)=CC4)cc23)c2ccc(C)cc2)C=C1. The second-order valence-electron chi connectivity index (χ2n) is 16.3. The molecule has 4 aromatic carbocycles. The predicted octanol–water partition coefficient (Wildman–Crippen LogP) is 14.2. The smallest absolute Gasteiger partial charge is 0.0887 e. The van der Waals surface area contributed by atoms with Gasteiger partial charge < -0.3 is 4.90 Å². The summed E-state index contributed by atoms with van der Waals surface area (Å²) in [6.07, 6.45) is 24.8. The predicted molar refractivity (Wildman–Crippen MR) is 240 cm³/mol. The number of benzene rings is 4. The zero-order valence-electron chi connectivity index (χ0n) is 34.3. The molecule has 0 amide bonds. The van der Waals surface area contributed by atoms with Gasteiger partial charge in [0.15, 0.2) is 0 Å². The molecule has 1 nitrogen and oxygen atoms in total. The molecule has 56 heavy (non-hydrogen) atoms. The lowest BCUT2D eigenvalue weighted by atomic mass is 9.68. The van der Waals surface area contributed by atoms with E-state index in [2.05, 4.69) is 206 Å². The molecule has 1 heteroatoms. The number of hydrogen-bond acceptors (Lipinski definition) is 1. The zero-order chi connectivity index (χ0) is 39.1. The van der Waals surface area contributed by atoms with Gasteiger partial charge in [-0.15, -0.1) is 0 Å². The van der Waals surface area contributed by atoms with E-state index in [4.69, 9.17) is 0 Å². The standard InChI is InChI=1S/C55H53N/c1-36-11-9-13-47(28-19-36)56(48-29-20-39(4)21-30-48)41(6)34-52-42(7)49-31-22-40(5)33-53(49)55(52)43(8)50(14-10-12-44-23-15-37(2)16-24-44)51-32-27-46(35-54(51)55)45-25-17-38(3)18-26-45/h9-11,14-25,27-35,45H,12,26H2,1-8H3/b14-10-,41-34+. The molecule has 278 valence electrons. The van der Waals surface area contributed by atoms with Gasteiger partial charge in [-0.3, -0.25) is 0 Å². The van der Waals surface area contributed by atoms with Crippen molar-refractivity contribution in [1.29, 1.82) is 0 Å². The Balaban J connectivity index is 1.35. The molecule has 2 unspecified atom stereocenters. The van der Waals surface area contributed by atoms with Crippen molar-refractivity contribution in [2.75, 3.05) is 4.90 Å². The van der Waals surface area contributed by atoms with Crippen molar-refractivity contribution < 1.29 is 0 Å². The first kappa shape index (κ1) is 37.1. The van der Waals surface area contributed by atoms with E-state index < -0.39 is 5.41 Å². The largest absolute Gasteiger partial charge is 0.308 e. The lowest BCUT2D eigenvalue weighted by Crippen LogP contribution is -2.29. The Kier molecular flexibility index (Phi) is 9.92. The van der Waals surface area contributed by atoms with E-state index >= 15 is 0 Å². The van der Waals surface area contributed by atoms with Crippen LogP contribution in [0.4, 0.5) is 5.69 Å². The summed E-state index contributed by atoms with van der Waals surface area (Å²) < 4.78 is 0. The molecule has 0 N–H and O–H groups in total. The quantitative estimate of drug-likeness (QED) is 0.163. The van der Waals surface area contributed by atoms with Gasteiger partial charge in [-0.2, -0.15) is 0 Å². The summed E-state index contributed by atoms with van der Waals surface area (Å²) in [6.45, 7) is 17.9. The highest BCUT2D eigenvalue weighted by atomic mass is 15.1. The van der Waals surface area contributed by atoms with Crippen LogP contribution in [0.25, 0.3) is 11.1 Å². The van der Waals surface area contributed by atoms with E-state index in [1.165, 1.54) is 83.5 Å². The van der Waals surface area contributed by atoms with E-state index in [9.17, 15) is 0 Å². The van der Waals surface area contributed by atoms with Crippen LogP contribution in [-0.4, -0.2) is 0 Å². The molecule has 8 rings (SSSR count). The van der Waals surface area contributed by atoms with Gasteiger partial charge in [0.25, 0.3) is 0 Å². The Hall–Kier alpha value is -5.88. The van der Waals surface area contributed by atoms with Crippen LogP contribution in [-0.2, 0) is 11.8 Å². The first-order chi connectivity index (χ1) is 27.0. The average Bonchev–Trinajstić information content (AvgIpc) is 3.44. The number of allylic oxidation sites excluding steroid dienone is 16. The molecule has 4 aliphatic carbocycles. The number of aryl methyl sites for hydroxylation is 3. The summed E-state index contributed by atoms with van der Waals surface area (Å²) in [6, 6.07) is 32.3. The van der Waals surface area contributed by atoms with Gasteiger partial charge in [-0.05, 0) is 154 Å². The molecule has 0 saturated carbocycles. The van der Waals surface area contributed by atoms with Crippen LogP contribution in [0.15, 0.2) is 185 Å². The summed E-state index contributed by atoms with van der Waals surface area (Å²) in [5.74, 6) is 0.349. The van der Waals surface area contributed by atoms with Gasteiger partial charge in [-0.25, -0.2) is 0 Å². The highest BCUT2D eigenvalue weighted by molar-refractivity contribution is 5.97. The molecule has 4 aliphatic rings. The maximum absolute atomic E-state index is 3.61. The highest BCUT2D eigenvalue weighted by Gasteiger charge is 2.51. The van der Waals surface area contributed by atoms with Crippen LogP contribution in [0.5, 0.6) is 0 Å². The average molecular weight is 728 g/mol. The van der Waals surface area contributed by atoms with Crippen LogP contribution in [0, 0.1) is 20.8 Å². The van der Waals surface area contributed by atoms with Crippen molar-refractivity contribution in [2.24, 2.45) is 0 Å². The fraction of sp³-hybridized carbons (Fsp3) is 0.218. The monoisotopic (exact) mass is 727 g/mol. The normalized spacial score (nSPS) is 20.1. The molecule has 0 heterocycles. The summed E-state index contributed by atoms with van der Waals surface area (Å²) in [4.78, 5) is 2.37. The van der Waals surface area contributed by atoms with E-state index in [-0.39, 0.29) is 0 Å². The molecule has 0 fully saturated rings. The van der Waals surface area contributed by atoms with E-state index in [0.29, 0.717) is 5.92 Å². The van der Waals surface area contributed by atoms with Crippen LogP contribution < -0.4 is 4.90 Å². The maximum atomic E-state index is 3.61. The third kappa shape index (κ3) is 6.61. The Morgan fingerprint density at radius 3 is 2.18 bits per heavy atom. The molecule has 1 spiro atoms. The number of rotatable bonds is 8. The van der Waals surface area contributed by atoms with Gasteiger partial charge in [0.2, 0.25) is 0 Å². The summed E-state index contributed by atoms with van der Waals surface area (Å²) in [5.41, 5.74) is 26.4. The van der Waals surface area contributed by atoms with Crippen LogP contribution >= 0.6 is 0 Å². The van der Waals surface area contributed by atoms with E-state index in [1.807, 2.05) is 6.08 Å². The fourth-order valence-electron chi connectivity index (χ4n) is 9.16. The van der Waals surface area contributed by atoms with Crippen molar-refractivity contribution in [3.63, 3.8) is 0 Å². The molecule has 0 radical (unpaired) electrons. The van der Waals surface area contributed by atoms with Crippen molar-refractivity contribution in [1.82, 2.24) is 0 Å². The Morgan fingerprint density at radius 1 is 0.750 bits per heavy atom. The second-order valence-corrected chi connectivity index (χ2v) is 16.3. The number of nitrogens with zero attached hydrogens (tertiary/aromatic N) is 1. The van der Waals surface area contributed by atoms with Crippen molar-refractivity contribution in [3.8, 4) is 0 Å². The summed E-state index contributed by atoms with van der Waals surface area (Å²) in [7, 11) is 0. The third-order valence-electron chi connectivity index (χ3n) is 12.3. The minimum Gasteiger partial charge on any atom is -0.308 e. The lowest BCUT2D eigenvalue weighted by molar-refractivity contribution is 0.749. The third-order valence-corrected chi connectivity index (χ3v) is 12.3. The van der Waals surface area contributed by atoms with Crippen molar-refractivity contribution in [2.45, 2.75) is 79.6 Å². The second kappa shape index (κ2) is 15.0. The molecule has 2 atom stereocenters. The first-order valence-corrected chi connectivity index (χ1v) is 20.2. The molecule has 0 bridgehead atoms. The van der Waals surface area contributed by atoms with Gasteiger partial charge >= 0.3 is 0 Å². The molecule has 4 aromatic rings. The Labute approximate surface area is 335 Å². The van der Waals surface area contributed by atoms with Crippen LogP contribution in [0.1, 0.15) is 97.0 Å².